The quantitative estimate of drug-likeness (QED) is 0.592. The lowest BCUT2D eigenvalue weighted by molar-refractivity contribution is 0.0940. The molecule has 2 aromatic heterocycles. The molecule has 1 aliphatic heterocycles. The summed E-state index contributed by atoms with van der Waals surface area (Å²) in [7, 11) is 1.65. The van der Waals surface area contributed by atoms with Crippen LogP contribution < -0.4 is 5.32 Å². The number of likely N-dealkylation sites (tertiary alicyclic amines) is 1. The minimum absolute atomic E-state index is 0.0183. The molecule has 7 heteroatoms. The number of thiophene rings is 1. The Morgan fingerprint density at radius 2 is 2.21 bits per heavy atom. The number of aryl methyl sites for hydroxylation is 1. The fourth-order valence-corrected chi connectivity index (χ4v) is 5.94. The van der Waals surface area contributed by atoms with E-state index in [4.69, 9.17) is 4.74 Å². The summed E-state index contributed by atoms with van der Waals surface area (Å²) in [6.45, 7) is 6.08. The maximum absolute atomic E-state index is 12.9. The Kier molecular flexibility index (Phi) is 6.06. The average Bonchev–Trinajstić information content (AvgIpc) is 3.40. The molecule has 1 aromatic carbocycles. The minimum Gasteiger partial charge on any atom is -0.383 e. The van der Waals surface area contributed by atoms with Gasteiger partial charge in [-0.2, -0.15) is 0 Å². The van der Waals surface area contributed by atoms with Crippen LogP contribution in [0.1, 0.15) is 37.5 Å². The molecule has 3 heterocycles. The van der Waals surface area contributed by atoms with Crippen LogP contribution in [0.15, 0.2) is 30.5 Å². The van der Waals surface area contributed by atoms with Gasteiger partial charge in [0, 0.05) is 48.4 Å². The van der Waals surface area contributed by atoms with Gasteiger partial charge in [0.05, 0.1) is 16.5 Å². The number of fused-ring (bicyclic) bond motifs is 1. The second kappa shape index (κ2) is 8.69. The Morgan fingerprint density at radius 3 is 3.00 bits per heavy atom. The van der Waals surface area contributed by atoms with E-state index in [2.05, 4.69) is 33.4 Å². The van der Waals surface area contributed by atoms with Crippen LogP contribution in [0, 0.1) is 6.92 Å². The number of rotatable bonds is 7. The van der Waals surface area contributed by atoms with Crippen molar-refractivity contribution < 1.29 is 9.53 Å². The Bertz CT molecular complexity index is 966. The van der Waals surface area contributed by atoms with Gasteiger partial charge in [-0.15, -0.1) is 22.7 Å². The van der Waals surface area contributed by atoms with Crippen LogP contribution in [0.2, 0.25) is 0 Å². The van der Waals surface area contributed by atoms with Crippen LogP contribution in [-0.2, 0) is 11.3 Å². The van der Waals surface area contributed by atoms with Gasteiger partial charge >= 0.3 is 0 Å². The van der Waals surface area contributed by atoms with Crippen molar-refractivity contribution in [2.45, 2.75) is 25.8 Å². The SMILES string of the molecule is COCCNC(=O)c1sc2ccccc2c1[C@@H]1CCN(Cc2cnc(C)s2)C1. The van der Waals surface area contributed by atoms with E-state index in [0.29, 0.717) is 19.1 Å². The van der Waals surface area contributed by atoms with E-state index in [1.807, 2.05) is 19.2 Å². The Labute approximate surface area is 173 Å². The van der Waals surface area contributed by atoms with E-state index in [1.165, 1.54) is 20.5 Å². The van der Waals surface area contributed by atoms with Gasteiger partial charge in [-0.05, 0) is 36.9 Å². The molecule has 1 atom stereocenters. The summed E-state index contributed by atoms with van der Waals surface area (Å²) < 4.78 is 6.25. The van der Waals surface area contributed by atoms with Crippen molar-refractivity contribution in [1.29, 1.82) is 0 Å². The number of nitrogens with zero attached hydrogens (tertiary/aromatic N) is 2. The average molecular weight is 416 g/mol. The van der Waals surface area contributed by atoms with Gasteiger partial charge in [-0.1, -0.05) is 18.2 Å². The first-order valence-electron chi connectivity index (χ1n) is 9.58. The van der Waals surface area contributed by atoms with Gasteiger partial charge in [0.15, 0.2) is 0 Å². The molecule has 0 spiro atoms. The summed E-state index contributed by atoms with van der Waals surface area (Å²) >= 11 is 3.37. The first kappa shape index (κ1) is 19.5. The largest absolute Gasteiger partial charge is 0.383 e. The van der Waals surface area contributed by atoms with Crippen molar-refractivity contribution in [3.63, 3.8) is 0 Å². The standard InChI is InChI=1S/C21H25N3O2S2/c1-14-23-11-16(27-14)13-24-9-7-15(12-24)19-17-5-3-4-6-18(17)28-20(19)21(25)22-8-10-26-2/h3-6,11,15H,7-10,12-13H2,1-2H3,(H,22,25)/t15-/m1/s1. The molecule has 3 aromatic rings. The summed E-state index contributed by atoms with van der Waals surface area (Å²) in [6.07, 6.45) is 3.07. The zero-order chi connectivity index (χ0) is 19.5. The molecule has 1 N–H and O–H groups in total. The Balaban J connectivity index is 1.56. The third kappa shape index (κ3) is 4.12. The summed E-state index contributed by atoms with van der Waals surface area (Å²) in [4.78, 5) is 21.9. The maximum Gasteiger partial charge on any atom is 0.261 e. The number of hydrogen-bond acceptors (Lipinski definition) is 6. The number of amides is 1. The predicted molar refractivity (Wildman–Crippen MR) is 116 cm³/mol. The fourth-order valence-electron chi connectivity index (χ4n) is 3.90. The number of aromatic nitrogens is 1. The van der Waals surface area contributed by atoms with Gasteiger partial charge in [0.1, 0.15) is 0 Å². The van der Waals surface area contributed by atoms with E-state index in [-0.39, 0.29) is 5.91 Å². The lowest BCUT2D eigenvalue weighted by atomic mass is 9.95. The zero-order valence-corrected chi connectivity index (χ0v) is 17.9. The van der Waals surface area contributed by atoms with Crippen LogP contribution in [0.25, 0.3) is 10.1 Å². The van der Waals surface area contributed by atoms with Crippen LogP contribution in [0.4, 0.5) is 0 Å². The van der Waals surface area contributed by atoms with Crippen molar-refractivity contribution in [3.05, 3.63) is 50.8 Å². The van der Waals surface area contributed by atoms with E-state index in [1.54, 1.807) is 29.8 Å². The molecular weight excluding hydrogens is 390 g/mol. The molecular formula is C21H25N3O2S2. The number of hydrogen-bond donors (Lipinski definition) is 1. The molecule has 1 aliphatic rings. The summed E-state index contributed by atoms with van der Waals surface area (Å²) in [5.41, 5.74) is 1.22. The smallest absolute Gasteiger partial charge is 0.261 e. The van der Waals surface area contributed by atoms with Crippen molar-refractivity contribution in [1.82, 2.24) is 15.2 Å². The van der Waals surface area contributed by atoms with Gasteiger partial charge in [-0.25, -0.2) is 4.98 Å². The van der Waals surface area contributed by atoms with Gasteiger partial charge < -0.3 is 10.1 Å². The highest BCUT2D eigenvalue weighted by molar-refractivity contribution is 7.21. The minimum atomic E-state index is 0.0183. The first-order valence-corrected chi connectivity index (χ1v) is 11.2. The third-order valence-electron chi connectivity index (χ3n) is 5.16. The van der Waals surface area contributed by atoms with Gasteiger partial charge in [0.25, 0.3) is 5.91 Å². The van der Waals surface area contributed by atoms with E-state index < -0.39 is 0 Å². The number of nitrogens with one attached hydrogen (secondary N) is 1. The molecule has 0 bridgehead atoms. The number of methoxy groups -OCH3 is 1. The van der Waals surface area contributed by atoms with E-state index in [9.17, 15) is 4.79 Å². The van der Waals surface area contributed by atoms with Crippen molar-refractivity contribution in [2.24, 2.45) is 0 Å². The van der Waals surface area contributed by atoms with Crippen molar-refractivity contribution in [3.8, 4) is 0 Å². The number of carbonyl (C=O) groups excluding carboxylic acids is 1. The summed E-state index contributed by atoms with van der Waals surface area (Å²) in [5.74, 6) is 0.401. The number of ether oxygens (including phenoxy) is 1. The molecule has 148 valence electrons. The molecule has 5 nitrogen and oxygen atoms in total. The molecule has 1 amide bonds. The van der Waals surface area contributed by atoms with Crippen LogP contribution >= 0.6 is 22.7 Å². The zero-order valence-electron chi connectivity index (χ0n) is 16.2. The molecule has 4 rings (SSSR count). The number of carbonyl (C=O) groups is 1. The molecule has 28 heavy (non-hydrogen) atoms. The van der Waals surface area contributed by atoms with Crippen LogP contribution in [-0.4, -0.2) is 49.1 Å². The molecule has 1 saturated heterocycles. The molecule has 0 radical (unpaired) electrons. The third-order valence-corrected chi connectivity index (χ3v) is 7.24. The molecule has 0 saturated carbocycles. The lowest BCUT2D eigenvalue weighted by Crippen LogP contribution is -2.27. The predicted octanol–water partition coefficient (Wildman–Crippen LogP) is 4.03. The monoisotopic (exact) mass is 415 g/mol. The van der Waals surface area contributed by atoms with Crippen LogP contribution in [0.5, 0.6) is 0 Å². The summed E-state index contributed by atoms with van der Waals surface area (Å²) in [6, 6.07) is 8.38. The van der Waals surface area contributed by atoms with E-state index >= 15 is 0 Å². The highest BCUT2D eigenvalue weighted by Gasteiger charge is 2.30. The Morgan fingerprint density at radius 1 is 1.36 bits per heavy atom. The van der Waals surface area contributed by atoms with Crippen molar-refractivity contribution in [2.75, 3.05) is 33.4 Å². The second-order valence-corrected chi connectivity index (χ2v) is 9.53. The fraction of sp³-hybridized carbons (Fsp3) is 0.429. The molecule has 1 fully saturated rings. The number of thiazole rings is 1. The molecule has 0 unspecified atom stereocenters. The molecule has 0 aliphatic carbocycles. The first-order chi connectivity index (χ1) is 13.7. The maximum atomic E-state index is 12.9. The van der Waals surface area contributed by atoms with Gasteiger partial charge in [0.2, 0.25) is 0 Å². The van der Waals surface area contributed by atoms with Crippen molar-refractivity contribution >= 4 is 38.7 Å². The summed E-state index contributed by atoms with van der Waals surface area (Å²) in [5, 5.41) is 5.35. The van der Waals surface area contributed by atoms with E-state index in [0.717, 1.165) is 35.9 Å². The second-order valence-electron chi connectivity index (χ2n) is 7.16. The lowest BCUT2D eigenvalue weighted by Gasteiger charge is -2.16. The van der Waals surface area contributed by atoms with Gasteiger partial charge in [-0.3, -0.25) is 9.69 Å². The van der Waals surface area contributed by atoms with Crippen LogP contribution in [0.3, 0.4) is 0 Å². The Hall–Kier alpha value is -1.80. The normalized spacial score (nSPS) is 17.4. The number of benzene rings is 1. The highest BCUT2D eigenvalue weighted by Crippen LogP contribution is 2.40. The topological polar surface area (TPSA) is 54.5 Å². The highest BCUT2D eigenvalue weighted by atomic mass is 32.1.